The van der Waals surface area contributed by atoms with E-state index in [1.807, 2.05) is 18.2 Å². The highest BCUT2D eigenvalue weighted by Crippen LogP contribution is 2.23. The fourth-order valence-electron chi connectivity index (χ4n) is 3.16. The highest BCUT2D eigenvalue weighted by atomic mass is 16.5. The van der Waals surface area contributed by atoms with Crippen molar-refractivity contribution in [3.63, 3.8) is 0 Å². The standard InChI is InChI=1S/C22H27NO4/c1-3-13-23(14-4-2)21(25)16-27-22(26)12-11-20(24)19-10-9-17-7-5-6-8-18(17)15-19/h3-4,9-10,15H,1-2,5-8,11-14,16H2. The van der Waals surface area contributed by atoms with Crippen molar-refractivity contribution in [1.29, 1.82) is 0 Å². The first-order chi connectivity index (χ1) is 13.0. The number of hydrogen-bond donors (Lipinski definition) is 0. The van der Waals surface area contributed by atoms with E-state index in [2.05, 4.69) is 13.2 Å². The lowest BCUT2D eigenvalue weighted by Gasteiger charge is -2.18. The molecule has 1 aliphatic rings. The molecule has 27 heavy (non-hydrogen) atoms. The third kappa shape index (κ3) is 6.20. The summed E-state index contributed by atoms with van der Waals surface area (Å²) < 4.78 is 5.00. The Kier molecular flexibility index (Phi) is 7.99. The van der Waals surface area contributed by atoms with Gasteiger partial charge in [0.25, 0.3) is 5.91 Å². The molecule has 0 saturated heterocycles. The van der Waals surface area contributed by atoms with Gasteiger partial charge in [-0.05, 0) is 42.9 Å². The van der Waals surface area contributed by atoms with E-state index in [-0.39, 0.29) is 31.1 Å². The van der Waals surface area contributed by atoms with Gasteiger partial charge < -0.3 is 9.64 Å². The average molecular weight is 369 g/mol. The molecule has 0 heterocycles. The van der Waals surface area contributed by atoms with Crippen molar-refractivity contribution >= 4 is 17.7 Å². The number of nitrogens with zero attached hydrogens (tertiary/aromatic N) is 1. The molecule has 0 aromatic heterocycles. The van der Waals surface area contributed by atoms with Gasteiger partial charge in [-0.1, -0.05) is 24.3 Å². The molecule has 144 valence electrons. The zero-order valence-corrected chi connectivity index (χ0v) is 15.7. The number of esters is 1. The van der Waals surface area contributed by atoms with Gasteiger partial charge >= 0.3 is 5.97 Å². The summed E-state index contributed by atoms with van der Waals surface area (Å²) in [5.41, 5.74) is 3.20. The highest BCUT2D eigenvalue weighted by Gasteiger charge is 2.16. The predicted molar refractivity (Wildman–Crippen MR) is 105 cm³/mol. The number of carbonyl (C=O) groups is 3. The summed E-state index contributed by atoms with van der Waals surface area (Å²) in [7, 11) is 0. The van der Waals surface area contributed by atoms with Crippen molar-refractivity contribution < 1.29 is 19.1 Å². The lowest BCUT2D eigenvalue weighted by Crippen LogP contribution is -2.35. The number of hydrogen-bond acceptors (Lipinski definition) is 4. The molecule has 0 unspecified atom stereocenters. The third-order valence-corrected chi connectivity index (χ3v) is 4.63. The molecule has 5 heteroatoms. The van der Waals surface area contributed by atoms with E-state index in [9.17, 15) is 14.4 Å². The van der Waals surface area contributed by atoms with E-state index in [0.717, 1.165) is 19.3 Å². The molecule has 0 bridgehead atoms. The van der Waals surface area contributed by atoms with Crippen molar-refractivity contribution in [2.75, 3.05) is 19.7 Å². The summed E-state index contributed by atoms with van der Waals surface area (Å²) in [4.78, 5) is 37.7. The minimum Gasteiger partial charge on any atom is -0.456 e. The molecule has 0 radical (unpaired) electrons. The SMILES string of the molecule is C=CCN(CC=C)C(=O)COC(=O)CCC(=O)c1ccc2c(c1)CCCC2. The molecular formula is C22H27NO4. The Morgan fingerprint density at radius 3 is 2.33 bits per heavy atom. The topological polar surface area (TPSA) is 63.7 Å². The Morgan fingerprint density at radius 1 is 1.00 bits per heavy atom. The number of amides is 1. The summed E-state index contributed by atoms with van der Waals surface area (Å²) in [6.07, 6.45) is 7.66. The number of carbonyl (C=O) groups excluding carboxylic acids is 3. The van der Waals surface area contributed by atoms with Gasteiger partial charge in [-0.25, -0.2) is 0 Å². The first kappa shape index (κ1) is 20.6. The lowest BCUT2D eigenvalue weighted by molar-refractivity contribution is -0.151. The van der Waals surface area contributed by atoms with Crippen LogP contribution in [0.4, 0.5) is 0 Å². The van der Waals surface area contributed by atoms with Crippen LogP contribution < -0.4 is 0 Å². The number of rotatable bonds is 10. The van der Waals surface area contributed by atoms with E-state index in [1.54, 1.807) is 12.2 Å². The Morgan fingerprint density at radius 2 is 1.67 bits per heavy atom. The van der Waals surface area contributed by atoms with Crippen LogP contribution in [-0.2, 0) is 27.2 Å². The van der Waals surface area contributed by atoms with Gasteiger partial charge in [0.15, 0.2) is 12.4 Å². The molecule has 2 rings (SSSR count). The van der Waals surface area contributed by atoms with Crippen LogP contribution in [-0.4, -0.2) is 42.3 Å². The molecular weight excluding hydrogens is 342 g/mol. The van der Waals surface area contributed by atoms with Gasteiger partial charge in [0.2, 0.25) is 0 Å². The monoisotopic (exact) mass is 369 g/mol. The zero-order chi connectivity index (χ0) is 19.6. The van der Waals surface area contributed by atoms with Gasteiger partial charge in [-0.15, -0.1) is 13.2 Å². The van der Waals surface area contributed by atoms with E-state index >= 15 is 0 Å². The first-order valence-electron chi connectivity index (χ1n) is 9.35. The van der Waals surface area contributed by atoms with Crippen molar-refractivity contribution in [2.45, 2.75) is 38.5 Å². The maximum Gasteiger partial charge on any atom is 0.306 e. The largest absolute Gasteiger partial charge is 0.456 e. The molecule has 0 N–H and O–H groups in total. The van der Waals surface area contributed by atoms with Crippen LogP contribution in [0.15, 0.2) is 43.5 Å². The number of fused-ring (bicyclic) bond motifs is 1. The fraction of sp³-hybridized carbons (Fsp3) is 0.409. The van der Waals surface area contributed by atoms with Gasteiger partial charge in [-0.2, -0.15) is 0 Å². The van der Waals surface area contributed by atoms with E-state index in [0.29, 0.717) is 18.7 Å². The second kappa shape index (κ2) is 10.5. The summed E-state index contributed by atoms with van der Waals surface area (Å²) in [5.74, 6) is -0.942. The smallest absolute Gasteiger partial charge is 0.306 e. The second-order valence-electron chi connectivity index (χ2n) is 6.65. The third-order valence-electron chi connectivity index (χ3n) is 4.63. The minimum absolute atomic E-state index is 0.0356. The van der Waals surface area contributed by atoms with Crippen LogP contribution in [0.5, 0.6) is 0 Å². The summed E-state index contributed by atoms with van der Waals surface area (Å²) in [6.45, 7) is 7.56. The first-order valence-corrected chi connectivity index (χ1v) is 9.35. The van der Waals surface area contributed by atoms with Crippen molar-refractivity contribution in [3.8, 4) is 0 Å². The van der Waals surface area contributed by atoms with Gasteiger partial charge in [-0.3, -0.25) is 14.4 Å². The summed E-state index contributed by atoms with van der Waals surface area (Å²) in [6, 6.07) is 5.81. The molecule has 1 amide bonds. The Balaban J connectivity index is 1.79. The number of ether oxygens (including phenoxy) is 1. The minimum atomic E-state index is -0.549. The van der Waals surface area contributed by atoms with Crippen molar-refractivity contribution in [2.24, 2.45) is 0 Å². The molecule has 1 aliphatic carbocycles. The normalized spacial score (nSPS) is 12.6. The molecule has 0 atom stereocenters. The molecule has 0 aliphatic heterocycles. The lowest BCUT2D eigenvalue weighted by atomic mass is 9.89. The highest BCUT2D eigenvalue weighted by molar-refractivity contribution is 5.97. The Hall–Kier alpha value is -2.69. The fourth-order valence-corrected chi connectivity index (χ4v) is 3.16. The van der Waals surface area contributed by atoms with E-state index in [4.69, 9.17) is 4.74 Å². The molecule has 0 fully saturated rings. The predicted octanol–water partition coefficient (Wildman–Crippen LogP) is 3.27. The van der Waals surface area contributed by atoms with Gasteiger partial charge in [0.05, 0.1) is 6.42 Å². The number of benzene rings is 1. The molecule has 1 aromatic carbocycles. The van der Waals surface area contributed by atoms with Crippen molar-refractivity contribution in [1.82, 2.24) is 4.90 Å². The molecule has 5 nitrogen and oxygen atoms in total. The number of aryl methyl sites for hydroxylation is 2. The van der Waals surface area contributed by atoms with Crippen LogP contribution >= 0.6 is 0 Å². The molecule has 0 saturated carbocycles. The van der Waals surface area contributed by atoms with Crippen LogP contribution in [0, 0.1) is 0 Å². The number of ketones is 1. The maximum absolute atomic E-state index is 12.3. The summed E-state index contributed by atoms with van der Waals surface area (Å²) in [5, 5.41) is 0. The van der Waals surface area contributed by atoms with Gasteiger partial charge in [0, 0.05) is 25.1 Å². The van der Waals surface area contributed by atoms with Crippen LogP contribution in [0.3, 0.4) is 0 Å². The Labute approximate surface area is 160 Å². The summed E-state index contributed by atoms with van der Waals surface area (Å²) >= 11 is 0. The quantitative estimate of drug-likeness (QED) is 0.361. The van der Waals surface area contributed by atoms with Crippen LogP contribution in [0.1, 0.15) is 47.2 Å². The zero-order valence-electron chi connectivity index (χ0n) is 15.7. The second-order valence-corrected chi connectivity index (χ2v) is 6.65. The molecule has 1 aromatic rings. The van der Waals surface area contributed by atoms with Crippen molar-refractivity contribution in [3.05, 3.63) is 60.2 Å². The Bertz CT molecular complexity index is 713. The average Bonchev–Trinajstić information content (AvgIpc) is 2.69. The van der Waals surface area contributed by atoms with Crippen LogP contribution in [0.2, 0.25) is 0 Å². The van der Waals surface area contributed by atoms with Crippen LogP contribution in [0.25, 0.3) is 0 Å². The maximum atomic E-state index is 12.3. The number of Topliss-reactive ketones (excluding diaryl/α,β-unsaturated/α-hetero) is 1. The van der Waals surface area contributed by atoms with E-state index < -0.39 is 5.97 Å². The van der Waals surface area contributed by atoms with E-state index in [1.165, 1.54) is 22.4 Å². The van der Waals surface area contributed by atoms with Gasteiger partial charge in [0.1, 0.15) is 0 Å². The molecule has 0 spiro atoms.